The number of aliphatic hydroxyl groups is 1. The molecule has 1 amide bonds. The van der Waals surface area contributed by atoms with Gasteiger partial charge in [0, 0.05) is 24.1 Å². The van der Waals surface area contributed by atoms with E-state index in [2.05, 4.69) is 35.2 Å². The second-order valence-corrected chi connectivity index (χ2v) is 15.0. The average Bonchev–Trinajstić information content (AvgIpc) is 3.77. The number of nitrogens with one attached hydrogen (secondary N) is 2. The predicted molar refractivity (Wildman–Crippen MR) is 179 cm³/mol. The number of alkyl halides is 1. The molecular weight excluding hydrogens is 753 g/mol. The quantitative estimate of drug-likeness (QED) is 0.0824. The number of aliphatic hydroxyl groups excluding tert-OH is 1. The van der Waals surface area contributed by atoms with Crippen LogP contribution in [0.5, 0.6) is 0 Å². The Labute approximate surface area is 299 Å². The molecule has 1 saturated heterocycles. The molecule has 0 radical (unpaired) electrons. The zero-order chi connectivity index (χ0) is 37.6. The summed E-state index contributed by atoms with van der Waals surface area (Å²) >= 11 is 5.57. The summed E-state index contributed by atoms with van der Waals surface area (Å²) in [5, 5.41) is 21.4. The lowest BCUT2D eigenvalue weighted by Gasteiger charge is -2.24. The van der Waals surface area contributed by atoms with Crippen molar-refractivity contribution in [3.8, 4) is 6.07 Å². The van der Waals surface area contributed by atoms with Gasteiger partial charge in [0.2, 0.25) is 11.9 Å². The van der Waals surface area contributed by atoms with Crippen LogP contribution in [0.1, 0.15) is 38.1 Å². The van der Waals surface area contributed by atoms with Gasteiger partial charge in [0.25, 0.3) is 5.56 Å². The first-order valence-corrected chi connectivity index (χ1v) is 19.2. The number of nitrogens with zero attached hydrogens (tertiary/aromatic N) is 8. The van der Waals surface area contributed by atoms with Gasteiger partial charge in [-0.05, 0) is 11.8 Å². The Bertz CT molecular complexity index is 2080. The van der Waals surface area contributed by atoms with Gasteiger partial charge in [-0.1, -0.05) is 13.8 Å². The fourth-order valence-corrected chi connectivity index (χ4v) is 7.21. The number of aromatic nitrogens is 8. The highest BCUT2D eigenvalue weighted by Gasteiger charge is 2.52. The number of ether oxygens (including phenoxy) is 2. The molecule has 1 aliphatic heterocycles. The summed E-state index contributed by atoms with van der Waals surface area (Å²) in [6.07, 6.45) is -4.32. The number of nitriles is 1. The van der Waals surface area contributed by atoms with E-state index in [-0.39, 0.29) is 55.7 Å². The Morgan fingerprint density at radius 1 is 1.25 bits per heavy atom. The summed E-state index contributed by atoms with van der Waals surface area (Å²) in [5.74, 6) is -0.474. The molecule has 21 nitrogen and oxygen atoms in total. The molecule has 25 heteroatoms. The standard InChI is InChI=1S/C27H33FN10O11P2S/c1-14(2)24(40)35-27-34-23-20(25(41)36-27)31-13-38(23)26-21(49-50(42)43)19(28)16(48-26)11-47-51(52,45-7-4-5-29)46-8-6-37-18(10-39)32-15-9-30-17(12-44-3)33-22(15)37/h9,13-14,16,19,21,26,39H,4,6-8,10-12H2,1-3H3,(H2-,34,35,36,40,41,42,43)/p+1/t16-,19-,21-,26-,51?/m1/s1. The van der Waals surface area contributed by atoms with Gasteiger partial charge in [-0.25, -0.2) is 24.3 Å². The number of hydrogen-bond donors (Lipinski definition) is 4. The van der Waals surface area contributed by atoms with Gasteiger partial charge in [-0.3, -0.25) is 24.5 Å². The minimum atomic E-state index is -3.73. The van der Waals surface area contributed by atoms with Crippen molar-refractivity contribution in [2.75, 3.05) is 32.2 Å². The van der Waals surface area contributed by atoms with E-state index in [0.717, 1.165) is 10.9 Å². The van der Waals surface area contributed by atoms with Gasteiger partial charge in [0.05, 0.1) is 44.8 Å². The van der Waals surface area contributed by atoms with E-state index in [4.69, 9.17) is 44.6 Å². The van der Waals surface area contributed by atoms with Crippen LogP contribution in [0.2, 0.25) is 0 Å². The van der Waals surface area contributed by atoms with Crippen molar-refractivity contribution in [2.45, 2.75) is 64.6 Å². The first kappa shape index (κ1) is 39.4. The molecule has 4 aromatic heterocycles. The number of rotatable bonds is 18. The van der Waals surface area contributed by atoms with E-state index in [1.165, 1.54) is 13.3 Å². The minimum absolute atomic E-state index is 0.0613. The van der Waals surface area contributed by atoms with Crippen molar-refractivity contribution in [3.05, 3.63) is 34.5 Å². The van der Waals surface area contributed by atoms with Crippen LogP contribution in [0.3, 0.4) is 0 Å². The molecule has 280 valence electrons. The predicted octanol–water partition coefficient (Wildman–Crippen LogP) is 1.65. The van der Waals surface area contributed by atoms with Gasteiger partial charge in [0.1, 0.15) is 30.7 Å². The van der Waals surface area contributed by atoms with Gasteiger partial charge in [-0.2, -0.15) is 10.2 Å². The zero-order valence-electron chi connectivity index (χ0n) is 27.8. The first-order chi connectivity index (χ1) is 24.9. The Kier molecular flexibility index (Phi) is 13.2. The minimum Gasteiger partial charge on any atom is -0.388 e. The maximum absolute atomic E-state index is 16.0. The Hall–Kier alpha value is -3.78. The van der Waals surface area contributed by atoms with Crippen molar-refractivity contribution in [3.63, 3.8) is 0 Å². The zero-order valence-corrected chi connectivity index (χ0v) is 30.4. The average molecular weight is 788 g/mol. The number of aromatic amines is 1. The summed E-state index contributed by atoms with van der Waals surface area (Å²) in [6.45, 7) is -1.65. The van der Waals surface area contributed by atoms with Crippen LogP contribution < -0.4 is 10.9 Å². The summed E-state index contributed by atoms with van der Waals surface area (Å²) in [7, 11) is -1.86. The third kappa shape index (κ3) is 9.05. The number of carbonyl (C=O) groups excluding carboxylic acids is 1. The van der Waals surface area contributed by atoms with Gasteiger partial charge in [0.15, 0.2) is 41.1 Å². The smallest absolute Gasteiger partial charge is 0.388 e. The monoisotopic (exact) mass is 787 g/mol. The molecule has 0 spiro atoms. The van der Waals surface area contributed by atoms with Crippen molar-refractivity contribution in [1.29, 1.82) is 5.26 Å². The molecule has 5 heterocycles. The Morgan fingerprint density at radius 2 is 2.02 bits per heavy atom. The third-order valence-electron chi connectivity index (χ3n) is 7.40. The van der Waals surface area contributed by atoms with E-state index in [1.54, 1.807) is 18.4 Å². The molecule has 52 heavy (non-hydrogen) atoms. The van der Waals surface area contributed by atoms with Crippen molar-refractivity contribution < 1.29 is 51.3 Å². The Morgan fingerprint density at radius 3 is 2.71 bits per heavy atom. The largest absolute Gasteiger partial charge is 0.695 e. The van der Waals surface area contributed by atoms with Gasteiger partial charge in [-0.15, -0.1) is 9.42 Å². The van der Waals surface area contributed by atoms with Crippen LogP contribution in [0.15, 0.2) is 17.3 Å². The molecule has 0 aromatic carbocycles. The number of carbonyl (C=O) groups is 1. The normalized spacial score (nSPS) is 20.4. The fraction of sp³-hybridized carbons (Fsp3) is 0.556. The van der Waals surface area contributed by atoms with Crippen molar-refractivity contribution in [2.24, 2.45) is 5.92 Å². The maximum Gasteiger partial charge on any atom is 0.695 e. The lowest BCUT2D eigenvalue weighted by atomic mass is 10.1. The third-order valence-corrected chi connectivity index (χ3v) is 10.2. The first-order valence-electron chi connectivity index (χ1n) is 15.5. The van der Waals surface area contributed by atoms with Gasteiger partial charge < -0.3 is 32.7 Å². The molecule has 2 unspecified atom stereocenters. The molecule has 4 N–H and O–H groups in total. The highest BCUT2D eigenvalue weighted by molar-refractivity contribution is 8.07. The van der Waals surface area contributed by atoms with E-state index in [9.17, 15) is 24.2 Å². The van der Waals surface area contributed by atoms with Crippen LogP contribution in [-0.4, -0.2) is 100 Å². The van der Waals surface area contributed by atoms with Crippen molar-refractivity contribution >= 4 is 61.0 Å². The summed E-state index contributed by atoms with van der Waals surface area (Å²) in [6, 6.07) is 1.91. The molecule has 5 rings (SSSR count). The number of fused-ring (bicyclic) bond motifs is 2. The second-order valence-electron chi connectivity index (χ2n) is 11.3. The number of amides is 1. The SMILES string of the molecule is COCc1ncc2nc(CO)n(CCOP(=S)(OCCC#N)OC[C@H]3O[C@@H](n4cnc5c(=O)[nH]c(NC(=O)C(C)C)nc54)[C@H](O[P+](=O)O)[C@@H]3F)c2n1. The number of methoxy groups -OCH3 is 1. The van der Waals surface area contributed by atoms with E-state index < -0.39 is 70.2 Å². The highest BCUT2D eigenvalue weighted by Crippen LogP contribution is 2.51. The number of H-pyrrole nitrogens is 1. The summed E-state index contributed by atoms with van der Waals surface area (Å²) < 4.78 is 63.8. The van der Waals surface area contributed by atoms with Crippen LogP contribution in [0, 0.1) is 17.2 Å². The molecule has 4 aromatic rings. The number of imidazole rings is 2. The molecule has 1 fully saturated rings. The summed E-state index contributed by atoms with van der Waals surface area (Å²) in [5.41, 5.74) is -0.264. The molecule has 0 bridgehead atoms. The Balaban J connectivity index is 1.35. The number of hydrogen-bond acceptors (Lipinski definition) is 17. The van der Waals surface area contributed by atoms with Gasteiger partial charge >= 0.3 is 15.0 Å². The molecule has 1 aliphatic rings. The molecular formula is C27H34FN10O11P2S+. The van der Waals surface area contributed by atoms with Crippen LogP contribution in [0.4, 0.5) is 10.3 Å². The number of halogens is 1. The van der Waals surface area contributed by atoms with E-state index >= 15 is 4.39 Å². The van der Waals surface area contributed by atoms with Crippen LogP contribution in [-0.2, 0) is 68.5 Å². The second kappa shape index (κ2) is 17.4. The maximum atomic E-state index is 16.0. The lowest BCUT2D eigenvalue weighted by molar-refractivity contribution is -0.118. The summed E-state index contributed by atoms with van der Waals surface area (Å²) in [4.78, 5) is 58.1. The van der Waals surface area contributed by atoms with Crippen LogP contribution in [0.25, 0.3) is 22.3 Å². The topological polar surface area (TPSA) is 273 Å². The van der Waals surface area contributed by atoms with Crippen LogP contribution >= 0.6 is 15.0 Å². The van der Waals surface area contributed by atoms with E-state index in [1.807, 2.05) is 6.07 Å². The number of anilines is 1. The fourth-order valence-electron chi connectivity index (χ4n) is 4.98. The molecule has 0 aliphatic carbocycles. The van der Waals surface area contributed by atoms with E-state index in [0.29, 0.717) is 17.0 Å². The van der Waals surface area contributed by atoms with Crippen molar-refractivity contribution in [1.82, 2.24) is 39.0 Å². The molecule has 6 atom stereocenters. The lowest BCUT2D eigenvalue weighted by Crippen LogP contribution is -2.31. The molecule has 0 saturated carbocycles. The highest BCUT2D eigenvalue weighted by atomic mass is 32.5.